The number of nitrogens with one attached hydrogen (secondary N) is 1. The van der Waals surface area contributed by atoms with E-state index in [0.29, 0.717) is 12.8 Å². The number of anilines is 1. The van der Waals surface area contributed by atoms with Gasteiger partial charge in [-0.2, -0.15) is 0 Å². The molecule has 1 heterocycles. The first-order valence-electron chi connectivity index (χ1n) is 7.93. The molecule has 0 radical (unpaired) electrons. The summed E-state index contributed by atoms with van der Waals surface area (Å²) in [5, 5.41) is 12.3. The molecule has 0 spiro atoms. The third-order valence-corrected chi connectivity index (χ3v) is 3.95. The van der Waals surface area contributed by atoms with Gasteiger partial charge in [0.1, 0.15) is 5.75 Å². The van der Waals surface area contributed by atoms with Crippen LogP contribution < -0.4 is 15.0 Å². The Bertz CT molecular complexity index is 509. The van der Waals surface area contributed by atoms with E-state index in [1.165, 1.54) is 5.56 Å². The lowest BCUT2D eigenvalue weighted by Gasteiger charge is -2.33. The van der Waals surface area contributed by atoms with Crippen LogP contribution in [0.2, 0.25) is 0 Å². The van der Waals surface area contributed by atoms with Gasteiger partial charge in [0, 0.05) is 19.6 Å². The van der Waals surface area contributed by atoms with Crippen LogP contribution in [0, 0.1) is 5.92 Å². The zero-order valence-corrected chi connectivity index (χ0v) is 13.6. The van der Waals surface area contributed by atoms with Crippen molar-refractivity contribution in [3.63, 3.8) is 0 Å². The molecule has 0 bridgehead atoms. The molecule has 0 saturated carbocycles. The maximum Gasteiger partial charge on any atom is 0.306 e. The van der Waals surface area contributed by atoms with E-state index < -0.39 is 5.97 Å². The molecule has 2 rings (SSSR count). The van der Waals surface area contributed by atoms with E-state index in [1.807, 2.05) is 20.9 Å². The van der Waals surface area contributed by atoms with E-state index in [2.05, 4.69) is 28.4 Å². The summed E-state index contributed by atoms with van der Waals surface area (Å²) in [6, 6.07) is 6.27. The second-order valence-electron chi connectivity index (χ2n) is 6.10. The van der Waals surface area contributed by atoms with Crippen LogP contribution in [-0.4, -0.2) is 37.3 Å². The summed E-state index contributed by atoms with van der Waals surface area (Å²) < 4.78 is 5.97. The van der Waals surface area contributed by atoms with E-state index in [4.69, 9.17) is 9.84 Å². The highest BCUT2D eigenvalue weighted by Crippen LogP contribution is 2.33. The topological polar surface area (TPSA) is 61.8 Å². The molecular weight excluding hydrogens is 280 g/mol. The number of carboxylic acid groups (broad SMARTS) is 1. The maximum absolute atomic E-state index is 11.1. The van der Waals surface area contributed by atoms with Crippen molar-refractivity contribution < 1.29 is 14.6 Å². The lowest BCUT2D eigenvalue weighted by Crippen LogP contribution is -2.36. The van der Waals surface area contributed by atoms with Gasteiger partial charge in [-0.25, -0.2) is 0 Å². The Morgan fingerprint density at radius 2 is 2.09 bits per heavy atom. The van der Waals surface area contributed by atoms with Crippen LogP contribution in [0.25, 0.3) is 0 Å². The molecule has 1 aliphatic rings. The molecule has 122 valence electrons. The number of carbonyl (C=O) groups is 1. The Morgan fingerprint density at radius 3 is 2.64 bits per heavy atom. The van der Waals surface area contributed by atoms with Gasteiger partial charge >= 0.3 is 5.97 Å². The number of rotatable bonds is 6. The summed E-state index contributed by atoms with van der Waals surface area (Å²) in [4.78, 5) is 13.3. The monoisotopic (exact) mass is 306 g/mol. The first-order valence-corrected chi connectivity index (χ1v) is 7.93. The van der Waals surface area contributed by atoms with Gasteiger partial charge in [-0.1, -0.05) is 6.07 Å². The summed E-state index contributed by atoms with van der Waals surface area (Å²) in [5.41, 5.74) is 2.25. The molecule has 5 heteroatoms. The molecule has 2 N–H and O–H groups in total. The van der Waals surface area contributed by atoms with Gasteiger partial charge in [-0.3, -0.25) is 4.79 Å². The standard InChI is InChI=1S/C17H26N2O3/c1-12(2)22-16-10-13(11-18-3)4-5-15(16)19-8-6-14(7-9-19)17(20)21/h4-5,10,12,14,18H,6-9,11H2,1-3H3,(H,20,21). The minimum absolute atomic E-state index is 0.111. The third-order valence-electron chi connectivity index (χ3n) is 3.95. The highest BCUT2D eigenvalue weighted by atomic mass is 16.5. The summed E-state index contributed by atoms with van der Waals surface area (Å²) in [7, 11) is 1.92. The Labute approximate surface area is 132 Å². The van der Waals surface area contributed by atoms with Gasteiger partial charge in [-0.05, 0) is 51.4 Å². The Morgan fingerprint density at radius 1 is 1.41 bits per heavy atom. The van der Waals surface area contributed by atoms with E-state index in [1.54, 1.807) is 0 Å². The number of benzene rings is 1. The predicted molar refractivity (Wildman–Crippen MR) is 87.5 cm³/mol. The molecule has 1 aromatic carbocycles. The molecule has 1 aromatic rings. The normalized spacial score (nSPS) is 16.1. The molecular formula is C17H26N2O3. The van der Waals surface area contributed by atoms with Gasteiger partial charge < -0.3 is 20.1 Å². The molecule has 0 unspecified atom stereocenters. The maximum atomic E-state index is 11.1. The number of ether oxygens (including phenoxy) is 1. The molecule has 0 amide bonds. The second kappa shape index (κ2) is 7.49. The smallest absolute Gasteiger partial charge is 0.306 e. The summed E-state index contributed by atoms with van der Waals surface area (Å²) in [6.07, 6.45) is 1.49. The van der Waals surface area contributed by atoms with E-state index in [9.17, 15) is 4.79 Å². The molecule has 1 saturated heterocycles. The molecule has 1 fully saturated rings. The van der Waals surface area contributed by atoms with Crippen molar-refractivity contribution in [3.8, 4) is 5.75 Å². The number of piperidine rings is 1. The minimum atomic E-state index is -0.678. The average molecular weight is 306 g/mol. The number of hydrogen-bond donors (Lipinski definition) is 2. The molecule has 0 atom stereocenters. The van der Waals surface area contributed by atoms with Crippen molar-refractivity contribution >= 4 is 11.7 Å². The lowest BCUT2D eigenvalue weighted by molar-refractivity contribution is -0.142. The van der Waals surface area contributed by atoms with E-state index >= 15 is 0 Å². The van der Waals surface area contributed by atoms with Crippen LogP contribution in [0.4, 0.5) is 5.69 Å². The zero-order chi connectivity index (χ0) is 16.1. The fourth-order valence-corrected chi connectivity index (χ4v) is 2.85. The summed E-state index contributed by atoms with van der Waals surface area (Å²) in [5.74, 6) is -0.00604. The highest BCUT2D eigenvalue weighted by Gasteiger charge is 2.26. The molecule has 0 aromatic heterocycles. The Hall–Kier alpha value is -1.75. The zero-order valence-electron chi connectivity index (χ0n) is 13.6. The molecule has 22 heavy (non-hydrogen) atoms. The summed E-state index contributed by atoms with van der Waals surface area (Å²) >= 11 is 0. The van der Waals surface area contributed by atoms with Gasteiger partial charge in [0.15, 0.2) is 0 Å². The highest BCUT2D eigenvalue weighted by molar-refractivity contribution is 5.70. The third kappa shape index (κ3) is 4.13. The van der Waals surface area contributed by atoms with Gasteiger partial charge in [0.25, 0.3) is 0 Å². The van der Waals surface area contributed by atoms with Crippen molar-refractivity contribution in [1.29, 1.82) is 0 Å². The van der Waals surface area contributed by atoms with Crippen LogP contribution >= 0.6 is 0 Å². The Balaban J connectivity index is 2.17. The Kier molecular flexibility index (Phi) is 5.66. The molecule has 5 nitrogen and oxygen atoms in total. The number of hydrogen-bond acceptors (Lipinski definition) is 4. The fourth-order valence-electron chi connectivity index (χ4n) is 2.85. The molecule has 1 aliphatic heterocycles. The number of aliphatic carboxylic acids is 1. The number of nitrogens with zero attached hydrogens (tertiary/aromatic N) is 1. The predicted octanol–water partition coefficient (Wildman–Crippen LogP) is 2.49. The van der Waals surface area contributed by atoms with Crippen LogP contribution in [0.1, 0.15) is 32.3 Å². The number of carboxylic acids is 1. The first kappa shape index (κ1) is 16.6. The van der Waals surface area contributed by atoms with Gasteiger partial charge in [0.2, 0.25) is 0 Å². The quantitative estimate of drug-likeness (QED) is 0.845. The van der Waals surface area contributed by atoms with Crippen LogP contribution in [-0.2, 0) is 11.3 Å². The van der Waals surface area contributed by atoms with Crippen molar-refractivity contribution in [2.24, 2.45) is 5.92 Å². The van der Waals surface area contributed by atoms with Gasteiger partial charge in [-0.15, -0.1) is 0 Å². The van der Waals surface area contributed by atoms with E-state index in [0.717, 1.165) is 31.1 Å². The first-order chi connectivity index (χ1) is 10.5. The van der Waals surface area contributed by atoms with Crippen molar-refractivity contribution in [1.82, 2.24) is 5.32 Å². The average Bonchev–Trinajstić information content (AvgIpc) is 2.47. The van der Waals surface area contributed by atoms with Gasteiger partial charge in [0.05, 0.1) is 17.7 Å². The SMILES string of the molecule is CNCc1ccc(N2CCC(C(=O)O)CC2)c(OC(C)C)c1. The fraction of sp³-hybridized carbons (Fsp3) is 0.588. The summed E-state index contributed by atoms with van der Waals surface area (Å²) in [6.45, 7) is 6.36. The minimum Gasteiger partial charge on any atom is -0.489 e. The molecule has 0 aliphatic carbocycles. The van der Waals surface area contributed by atoms with Crippen molar-refractivity contribution in [2.45, 2.75) is 39.3 Å². The van der Waals surface area contributed by atoms with Crippen LogP contribution in [0.15, 0.2) is 18.2 Å². The lowest BCUT2D eigenvalue weighted by atomic mass is 9.96. The van der Waals surface area contributed by atoms with E-state index in [-0.39, 0.29) is 12.0 Å². The second-order valence-corrected chi connectivity index (χ2v) is 6.10. The van der Waals surface area contributed by atoms with Crippen LogP contribution in [0.5, 0.6) is 5.75 Å². The largest absolute Gasteiger partial charge is 0.489 e. The van der Waals surface area contributed by atoms with Crippen molar-refractivity contribution in [3.05, 3.63) is 23.8 Å². The van der Waals surface area contributed by atoms with Crippen molar-refractivity contribution in [2.75, 3.05) is 25.0 Å². The van der Waals surface area contributed by atoms with Crippen LogP contribution in [0.3, 0.4) is 0 Å².